The van der Waals surface area contributed by atoms with Crippen molar-refractivity contribution in [3.8, 4) is 5.75 Å². The first kappa shape index (κ1) is 20.1. The maximum Gasteiger partial charge on any atom is 0.237 e. The molecular weight excluding hydrogens is 379 g/mol. The van der Waals surface area contributed by atoms with Crippen molar-refractivity contribution in [3.63, 3.8) is 0 Å². The molecule has 0 bridgehead atoms. The van der Waals surface area contributed by atoms with Gasteiger partial charge < -0.3 is 15.4 Å². The fourth-order valence-electron chi connectivity index (χ4n) is 1.97. The number of hydrogen-bond donors (Lipinski definition) is 2. The van der Waals surface area contributed by atoms with E-state index in [0.717, 1.165) is 0 Å². The van der Waals surface area contributed by atoms with E-state index in [-0.39, 0.29) is 23.4 Å². The van der Waals surface area contributed by atoms with Crippen LogP contribution in [0.3, 0.4) is 0 Å². The molecule has 2 N–H and O–H groups in total. The molecule has 2 rings (SSSR count). The zero-order valence-corrected chi connectivity index (χ0v) is 15.8. The molecule has 0 radical (unpaired) electrons. The standard InChI is InChI=1S/C18H18ClFN2O3S/c1-11(18(24)22-16-8-7-14(25-2)9-15(16)19)26-10-17(23)21-13-5-3-12(20)4-6-13/h3-9,11H,10H2,1-2H3,(H,21,23)(H,22,24). The Bertz CT molecular complexity index is 787. The van der Waals surface area contributed by atoms with Gasteiger partial charge in [0, 0.05) is 11.8 Å². The second-order valence-electron chi connectivity index (χ2n) is 5.34. The van der Waals surface area contributed by atoms with Gasteiger partial charge in [-0.1, -0.05) is 11.6 Å². The third-order valence-corrected chi connectivity index (χ3v) is 4.85. The lowest BCUT2D eigenvalue weighted by Crippen LogP contribution is -2.25. The van der Waals surface area contributed by atoms with Gasteiger partial charge in [-0.05, 0) is 43.3 Å². The Kier molecular flexibility index (Phi) is 7.29. The number of halogens is 2. The minimum absolute atomic E-state index is 0.0856. The number of amides is 2. The maximum absolute atomic E-state index is 12.8. The molecule has 0 aliphatic heterocycles. The Balaban J connectivity index is 1.83. The zero-order valence-electron chi connectivity index (χ0n) is 14.2. The van der Waals surface area contributed by atoms with Gasteiger partial charge in [0.1, 0.15) is 11.6 Å². The lowest BCUT2D eigenvalue weighted by molar-refractivity contribution is -0.115. The first-order valence-electron chi connectivity index (χ1n) is 7.70. The number of thioether (sulfide) groups is 1. The normalized spacial score (nSPS) is 11.5. The van der Waals surface area contributed by atoms with E-state index in [4.69, 9.17) is 16.3 Å². The SMILES string of the molecule is COc1ccc(NC(=O)C(C)SCC(=O)Nc2ccc(F)cc2)c(Cl)c1. The number of carbonyl (C=O) groups excluding carboxylic acids is 2. The van der Waals surface area contributed by atoms with E-state index in [2.05, 4.69) is 10.6 Å². The van der Waals surface area contributed by atoms with Gasteiger partial charge >= 0.3 is 0 Å². The summed E-state index contributed by atoms with van der Waals surface area (Å²) in [5.74, 6) is -0.240. The van der Waals surface area contributed by atoms with E-state index in [9.17, 15) is 14.0 Å². The number of carbonyl (C=O) groups is 2. The van der Waals surface area contributed by atoms with Crippen molar-refractivity contribution in [2.75, 3.05) is 23.5 Å². The molecule has 2 amide bonds. The van der Waals surface area contributed by atoms with Crippen LogP contribution in [0.4, 0.5) is 15.8 Å². The highest BCUT2D eigenvalue weighted by Crippen LogP contribution is 2.27. The van der Waals surface area contributed by atoms with Gasteiger partial charge in [-0.15, -0.1) is 11.8 Å². The first-order valence-corrected chi connectivity index (χ1v) is 9.13. The molecule has 0 aromatic heterocycles. The summed E-state index contributed by atoms with van der Waals surface area (Å²) in [7, 11) is 1.53. The Hall–Kier alpha value is -2.25. The summed E-state index contributed by atoms with van der Waals surface area (Å²) in [5.41, 5.74) is 0.972. The Morgan fingerprint density at radius 1 is 1.19 bits per heavy atom. The summed E-state index contributed by atoms with van der Waals surface area (Å²) in [6.45, 7) is 1.70. The summed E-state index contributed by atoms with van der Waals surface area (Å²) in [5, 5.41) is 5.26. The predicted molar refractivity (Wildman–Crippen MR) is 104 cm³/mol. The van der Waals surface area contributed by atoms with Gasteiger partial charge in [0.25, 0.3) is 0 Å². The minimum atomic E-state index is -0.466. The average molecular weight is 397 g/mol. The monoisotopic (exact) mass is 396 g/mol. The summed E-state index contributed by atoms with van der Waals surface area (Å²) in [6.07, 6.45) is 0. The van der Waals surface area contributed by atoms with Gasteiger partial charge in [0.2, 0.25) is 11.8 Å². The van der Waals surface area contributed by atoms with Crippen LogP contribution in [0.2, 0.25) is 5.02 Å². The van der Waals surface area contributed by atoms with E-state index in [1.54, 1.807) is 25.1 Å². The highest BCUT2D eigenvalue weighted by molar-refractivity contribution is 8.01. The van der Waals surface area contributed by atoms with Crippen molar-refractivity contribution in [2.45, 2.75) is 12.2 Å². The van der Waals surface area contributed by atoms with Crippen LogP contribution >= 0.6 is 23.4 Å². The quantitative estimate of drug-likeness (QED) is 0.736. The van der Waals surface area contributed by atoms with Crippen LogP contribution in [0.25, 0.3) is 0 Å². The summed E-state index contributed by atoms with van der Waals surface area (Å²) >= 11 is 7.28. The molecule has 0 aliphatic rings. The van der Waals surface area contributed by atoms with Crippen molar-refractivity contribution < 1.29 is 18.7 Å². The Morgan fingerprint density at radius 3 is 2.50 bits per heavy atom. The van der Waals surface area contributed by atoms with E-state index in [0.29, 0.717) is 22.1 Å². The van der Waals surface area contributed by atoms with Gasteiger partial charge in [-0.3, -0.25) is 9.59 Å². The number of hydrogen-bond acceptors (Lipinski definition) is 4. The number of benzene rings is 2. The van der Waals surface area contributed by atoms with Crippen LogP contribution in [0.15, 0.2) is 42.5 Å². The summed E-state index contributed by atoms with van der Waals surface area (Å²) in [4.78, 5) is 24.1. The van der Waals surface area contributed by atoms with Crippen molar-refractivity contribution in [3.05, 3.63) is 53.3 Å². The van der Waals surface area contributed by atoms with E-state index >= 15 is 0 Å². The number of methoxy groups -OCH3 is 1. The van der Waals surface area contributed by atoms with Crippen molar-refractivity contribution in [1.82, 2.24) is 0 Å². The Morgan fingerprint density at radius 2 is 1.88 bits per heavy atom. The average Bonchev–Trinajstić information content (AvgIpc) is 2.63. The van der Waals surface area contributed by atoms with Crippen LogP contribution in [-0.2, 0) is 9.59 Å². The minimum Gasteiger partial charge on any atom is -0.497 e. The number of rotatable bonds is 7. The van der Waals surface area contributed by atoms with Gasteiger partial charge in [-0.2, -0.15) is 0 Å². The van der Waals surface area contributed by atoms with Crippen LogP contribution in [0, 0.1) is 5.82 Å². The number of anilines is 2. The van der Waals surface area contributed by atoms with Crippen molar-refractivity contribution in [2.24, 2.45) is 0 Å². The Labute approximate surface area is 160 Å². The predicted octanol–water partition coefficient (Wildman–Crippen LogP) is 4.19. The fourth-order valence-corrected chi connectivity index (χ4v) is 2.87. The molecule has 1 atom stereocenters. The molecular formula is C18H18ClFN2O3S. The molecule has 138 valence electrons. The molecule has 5 nitrogen and oxygen atoms in total. The summed E-state index contributed by atoms with van der Waals surface area (Å²) in [6, 6.07) is 10.4. The molecule has 0 spiro atoms. The molecule has 0 fully saturated rings. The molecule has 8 heteroatoms. The second kappa shape index (κ2) is 9.45. The molecule has 0 heterocycles. The molecule has 0 saturated heterocycles. The largest absolute Gasteiger partial charge is 0.497 e. The maximum atomic E-state index is 12.8. The molecule has 2 aromatic carbocycles. The third kappa shape index (κ3) is 5.93. The molecule has 1 unspecified atom stereocenters. The van der Waals surface area contributed by atoms with Crippen LogP contribution in [0.5, 0.6) is 5.75 Å². The van der Waals surface area contributed by atoms with Crippen LogP contribution < -0.4 is 15.4 Å². The highest BCUT2D eigenvalue weighted by Gasteiger charge is 2.17. The van der Waals surface area contributed by atoms with Gasteiger partial charge in [0.15, 0.2) is 0 Å². The van der Waals surface area contributed by atoms with Crippen LogP contribution in [0.1, 0.15) is 6.92 Å². The first-order chi connectivity index (χ1) is 12.4. The zero-order chi connectivity index (χ0) is 19.1. The van der Waals surface area contributed by atoms with E-state index in [1.807, 2.05) is 0 Å². The lowest BCUT2D eigenvalue weighted by Gasteiger charge is -2.13. The van der Waals surface area contributed by atoms with E-state index < -0.39 is 5.25 Å². The van der Waals surface area contributed by atoms with Crippen molar-refractivity contribution >= 4 is 46.6 Å². The number of ether oxygens (including phenoxy) is 1. The third-order valence-electron chi connectivity index (χ3n) is 3.40. The molecule has 0 saturated carbocycles. The van der Waals surface area contributed by atoms with Crippen LogP contribution in [-0.4, -0.2) is 29.9 Å². The van der Waals surface area contributed by atoms with Crippen molar-refractivity contribution in [1.29, 1.82) is 0 Å². The summed E-state index contributed by atoms with van der Waals surface area (Å²) < 4.78 is 17.9. The number of nitrogens with one attached hydrogen (secondary N) is 2. The topological polar surface area (TPSA) is 67.4 Å². The molecule has 2 aromatic rings. The lowest BCUT2D eigenvalue weighted by atomic mass is 10.3. The molecule has 26 heavy (non-hydrogen) atoms. The molecule has 0 aliphatic carbocycles. The smallest absolute Gasteiger partial charge is 0.237 e. The van der Waals surface area contributed by atoms with Gasteiger partial charge in [-0.25, -0.2) is 4.39 Å². The fraction of sp³-hybridized carbons (Fsp3) is 0.222. The van der Waals surface area contributed by atoms with Gasteiger partial charge in [0.05, 0.1) is 28.8 Å². The van der Waals surface area contributed by atoms with E-state index in [1.165, 1.54) is 43.1 Å². The second-order valence-corrected chi connectivity index (χ2v) is 7.08. The highest BCUT2D eigenvalue weighted by atomic mass is 35.5.